The predicted octanol–water partition coefficient (Wildman–Crippen LogP) is 1.74. The van der Waals surface area contributed by atoms with Crippen LogP contribution in [0.3, 0.4) is 0 Å². The van der Waals surface area contributed by atoms with Gasteiger partial charge in [-0.2, -0.15) is 0 Å². The van der Waals surface area contributed by atoms with E-state index < -0.39 is 0 Å². The quantitative estimate of drug-likeness (QED) is 0.551. The molecule has 0 fully saturated rings. The second kappa shape index (κ2) is 5.16. The van der Waals surface area contributed by atoms with Gasteiger partial charge in [0.2, 0.25) is 0 Å². The lowest BCUT2D eigenvalue weighted by atomic mass is 10.2. The Morgan fingerprint density at radius 2 is 2.33 bits per heavy atom. The largest absolute Gasteiger partial charge is 0.362 e. The number of ketones is 1. The zero-order valence-corrected chi connectivity index (χ0v) is 9.03. The third-order valence-corrected chi connectivity index (χ3v) is 2.12. The van der Waals surface area contributed by atoms with Gasteiger partial charge in [-0.15, -0.1) is 6.42 Å². The summed E-state index contributed by atoms with van der Waals surface area (Å²) < 4.78 is 0. The first-order chi connectivity index (χ1) is 7.19. The number of hydrogen-bond acceptors (Lipinski definition) is 3. The molecule has 0 aliphatic heterocycles. The Morgan fingerprint density at radius 1 is 1.60 bits per heavy atom. The SMILES string of the molecule is C#CCN(C)c1ccc(C(=O)CC)nc1. The maximum absolute atomic E-state index is 11.3. The van der Waals surface area contributed by atoms with E-state index in [0.717, 1.165) is 5.69 Å². The summed E-state index contributed by atoms with van der Waals surface area (Å²) in [5.41, 5.74) is 1.43. The fraction of sp³-hybridized carbons (Fsp3) is 0.333. The normalized spacial score (nSPS) is 9.40. The minimum absolute atomic E-state index is 0.0566. The van der Waals surface area contributed by atoms with Crippen molar-refractivity contribution in [2.24, 2.45) is 0 Å². The van der Waals surface area contributed by atoms with Crippen LogP contribution in [-0.2, 0) is 0 Å². The molecular formula is C12H14N2O. The lowest BCUT2D eigenvalue weighted by Crippen LogP contribution is -2.17. The molecule has 78 valence electrons. The Balaban J connectivity index is 2.81. The fourth-order valence-corrected chi connectivity index (χ4v) is 1.19. The van der Waals surface area contributed by atoms with Gasteiger partial charge in [0.15, 0.2) is 5.78 Å². The molecule has 1 rings (SSSR count). The summed E-state index contributed by atoms with van der Waals surface area (Å²) >= 11 is 0. The van der Waals surface area contributed by atoms with E-state index in [1.807, 2.05) is 24.9 Å². The number of hydrogen-bond donors (Lipinski definition) is 0. The first-order valence-electron chi connectivity index (χ1n) is 4.83. The summed E-state index contributed by atoms with van der Waals surface area (Å²) in [6.45, 7) is 2.35. The summed E-state index contributed by atoms with van der Waals surface area (Å²) in [6.07, 6.45) is 7.35. The highest BCUT2D eigenvalue weighted by Crippen LogP contribution is 2.11. The Kier molecular flexibility index (Phi) is 3.87. The average molecular weight is 202 g/mol. The van der Waals surface area contributed by atoms with Crippen molar-refractivity contribution >= 4 is 11.5 Å². The highest BCUT2D eigenvalue weighted by atomic mass is 16.1. The second-order valence-corrected chi connectivity index (χ2v) is 3.24. The van der Waals surface area contributed by atoms with Gasteiger partial charge in [0.05, 0.1) is 18.4 Å². The molecule has 0 saturated heterocycles. The molecule has 0 bridgehead atoms. The zero-order valence-electron chi connectivity index (χ0n) is 9.03. The van der Waals surface area contributed by atoms with Gasteiger partial charge in [-0.3, -0.25) is 9.78 Å². The molecule has 1 aromatic rings. The molecule has 0 aromatic carbocycles. The van der Waals surface area contributed by atoms with Crippen molar-refractivity contribution in [2.45, 2.75) is 13.3 Å². The number of Topliss-reactive ketones (excluding diaryl/α,β-unsaturated/α-hetero) is 1. The number of pyridine rings is 1. The van der Waals surface area contributed by atoms with Crippen molar-refractivity contribution in [3.63, 3.8) is 0 Å². The molecule has 0 N–H and O–H groups in total. The number of carbonyl (C=O) groups is 1. The van der Waals surface area contributed by atoms with E-state index >= 15 is 0 Å². The van der Waals surface area contributed by atoms with E-state index in [-0.39, 0.29) is 5.78 Å². The van der Waals surface area contributed by atoms with Gasteiger partial charge in [-0.05, 0) is 12.1 Å². The lowest BCUT2D eigenvalue weighted by molar-refractivity contribution is 0.0983. The maximum atomic E-state index is 11.3. The monoisotopic (exact) mass is 202 g/mol. The third kappa shape index (κ3) is 2.81. The minimum Gasteiger partial charge on any atom is -0.362 e. The van der Waals surface area contributed by atoms with Crippen LogP contribution in [-0.4, -0.2) is 24.4 Å². The fourth-order valence-electron chi connectivity index (χ4n) is 1.19. The Morgan fingerprint density at radius 3 is 2.80 bits per heavy atom. The van der Waals surface area contributed by atoms with Crippen LogP contribution >= 0.6 is 0 Å². The van der Waals surface area contributed by atoms with Crippen LogP contribution in [0.5, 0.6) is 0 Å². The highest BCUT2D eigenvalue weighted by Gasteiger charge is 2.05. The second-order valence-electron chi connectivity index (χ2n) is 3.24. The van der Waals surface area contributed by atoms with E-state index in [9.17, 15) is 4.79 Å². The van der Waals surface area contributed by atoms with Gasteiger partial charge >= 0.3 is 0 Å². The number of aromatic nitrogens is 1. The van der Waals surface area contributed by atoms with E-state index in [1.165, 1.54) is 0 Å². The molecule has 0 aliphatic rings. The number of terminal acetylenes is 1. The molecule has 0 radical (unpaired) electrons. The molecule has 0 atom stereocenters. The highest BCUT2D eigenvalue weighted by molar-refractivity contribution is 5.94. The van der Waals surface area contributed by atoms with Crippen LogP contribution in [0.2, 0.25) is 0 Å². The van der Waals surface area contributed by atoms with Crippen LogP contribution in [0.1, 0.15) is 23.8 Å². The van der Waals surface area contributed by atoms with Gasteiger partial charge in [0.25, 0.3) is 0 Å². The maximum Gasteiger partial charge on any atom is 0.180 e. The van der Waals surface area contributed by atoms with Crippen LogP contribution < -0.4 is 4.90 Å². The molecule has 3 heteroatoms. The Bertz CT molecular complexity index is 376. The molecule has 0 spiro atoms. The average Bonchev–Trinajstić information content (AvgIpc) is 2.28. The summed E-state index contributed by atoms with van der Waals surface area (Å²) in [4.78, 5) is 17.3. The summed E-state index contributed by atoms with van der Waals surface area (Å²) in [7, 11) is 1.89. The number of carbonyl (C=O) groups excluding carboxylic acids is 1. The van der Waals surface area contributed by atoms with Gasteiger partial charge in [-0.1, -0.05) is 12.8 Å². The van der Waals surface area contributed by atoms with E-state index in [1.54, 1.807) is 12.3 Å². The van der Waals surface area contributed by atoms with Crippen molar-refractivity contribution < 1.29 is 4.79 Å². The lowest BCUT2D eigenvalue weighted by Gasteiger charge is -2.15. The predicted molar refractivity (Wildman–Crippen MR) is 61.0 cm³/mol. The molecule has 0 unspecified atom stereocenters. The zero-order chi connectivity index (χ0) is 11.3. The molecule has 1 aromatic heterocycles. The standard InChI is InChI=1S/C12H14N2O/c1-4-8-14(3)10-6-7-11(13-9-10)12(15)5-2/h1,6-7,9H,5,8H2,2-3H3. The van der Waals surface area contributed by atoms with Crippen LogP contribution in [0.15, 0.2) is 18.3 Å². The Labute approximate surface area is 90.1 Å². The third-order valence-electron chi connectivity index (χ3n) is 2.12. The molecular weight excluding hydrogens is 188 g/mol. The number of rotatable bonds is 4. The van der Waals surface area contributed by atoms with Crippen LogP contribution in [0.4, 0.5) is 5.69 Å². The van der Waals surface area contributed by atoms with Gasteiger partial charge in [0, 0.05) is 13.5 Å². The molecule has 3 nitrogen and oxygen atoms in total. The number of nitrogens with zero attached hydrogens (tertiary/aromatic N) is 2. The van der Waals surface area contributed by atoms with Gasteiger partial charge in [0.1, 0.15) is 5.69 Å². The van der Waals surface area contributed by atoms with E-state index in [0.29, 0.717) is 18.7 Å². The van der Waals surface area contributed by atoms with E-state index in [4.69, 9.17) is 6.42 Å². The molecule has 15 heavy (non-hydrogen) atoms. The summed E-state index contributed by atoms with van der Waals surface area (Å²) in [5.74, 6) is 2.60. The van der Waals surface area contributed by atoms with Gasteiger partial charge in [-0.25, -0.2) is 0 Å². The molecule has 1 heterocycles. The van der Waals surface area contributed by atoms with E-state index in [2.05, 4.69) is 10.9 Å². The van der Waals surface area contributed by atoms with Crippen molar-refractivity contribution in [3.8, 4) is 12.3 Å². The first-order valence-corrected chi connectivity index (χ1v) is 4.83. The summed E-state index contributed by atoms with van der Waals surface area (Å²) in [5, 5.41) is 0. The molecule has 0 aliphatic carbocycles. The van der Waals surface area contributed by atoms with Crippen molar-refractivity contribution in [1.29, 1.82) is 0 Å². The van der Waals surface area contributed by atoms with Crippen molar-refractivity contribution in [2.75, 3.05) is 18.5 Å². The van der Waals surface area contributed by atoms with Gasteiger partial charge < -0.3 is 4.90 Å². The number of anilines is 1. The van der Waals surface area contributed by atoms with Crippen LogP contribution in [0, 0.1) is 12.3 Å². The van der Waals surface area contributed by atoms with Crippen molar-refractivity contribution in [1.82, 2.24) is 4.98 Å². The topological polar surface area (TPSA) is 33.2 Å². The first kappa shape index (κ1) is 11.3. The summed E-state index contributed by atoms with van der Waals surface area (Å²) in [6, 6.07) is 3.58. The van der Waals surface area contributed by atoms with Crippen molar-refractivity contribution in [3.05, 3.63) is 24.0 Å². The molecule has 0 amide bonds. The minimum atomic E-state index is 0.0566. The molecule has 0 saturated carbocycles. The Hall–Kier alpha value is -1.82. The smallest absolute Gasteiger partial charge is 0.180 e. The van der Waals surface area contributed by atoms with Crippen LogP contribution in [0.25, 0.3) is 0 Å².